The van der Waals surface area contributed by atoms with Gasteiger partial charge in [0, 0.05) is 18.7 Å². The van der Waals surface area contributed by atoms with Crippen LogP contribution < -0.4 is 0 Å². The molecule has 1 saturated carbocycles. The molecule has 1 aliphatic carbocycles. The summed E-state index contributed by atoms with van der Waals surface area (Å²) < 4.78 is 5.66. The Morgan fingerprint density at radius 3 is 2.60 bits per heavy atom. The minimum atomic E-state index is -0.622. The van der Waals surface area contributed by atoms with Crippen molar-refractivity contribution in [1.29, 1.82) is 0 Å². The lowest BCUT2D eigenvalue weighted by atomic mass is 9.75. The second-order valence-electron chi connectivity index (χ2n) is 6.58. The Bertz CT molecular complexity index is 334. The molecule has 4 nitrogen and oxygen atoms in total. The highest BCUT2D eigenvalue weighted by Crippen LogP contribution is 2.36. The lowest BCUT2D eigenvalue weighted by molar-refractivity contribution is -0.146. The lowest BCUT2D eigenvalue weighted by Gasteiger charge is -2.42. The number of carboxylic acids is 1. The molecule has 2 fully saturated rings. The highest BCUT2D eigenvalue weighted by atomic mass is 16.5. The third-order valence-electron chi connectivity index (χ3n) is 5.32. The Morgan fingerprint density at radius 2 is 2.05 bits per heavy atom. The predicted molar refractivity (Wildman–Crippen MR) is 78.7 cm³/mol. The smallest absolute Gasteiger partial charge is 0.308 e. The summed E-state index contributed by atoms with van der Waals surface area (Å²) in [6, 6.07) is 0.550. The van der Waals surface area contributed by atoms with Crippen LogP contribution in [0.25, 0.3) is 0 Å². The zero-order chi connectivity index (χ0) is 14.7. The predicted octanol–water partition coefficient (Wildman–Crippen LogP) is 2.77. The molecule has 1 aliphatic heterocycles. The number of rotatable bonds is 5. The number of hydrogen-bond donors (Lipinski definition) is 1. The van der Waals surface area contributed by atoms with Gasteiger partial charge in [-0.3, -0.25) is 9.69 Å². The van der Waals surface area contributed by atoms with E-state index in [-0.39, 0.29) is 18.1 Å². The van der Waals surface area contributed by atoms with Crippen LogP contribution in [0.4, 0.5) is 0 Å². The second-order valence-corrected chi connectivity index (χ2v) is 6.58. The molecule has 4 heteroatoms. The standard InChI is InChI=1S/C16H29NO3/c1-4-5-12-6-7-13(16(18)19)15(10-12)17(3)14-8-9-20-11(14)2/h11-15H,4-10H2,1-3H3,(H,18,19). The van der Waals surface area contributed by atoms with Crippen molar-refractivity contribution in [3.05, 3.63) is 0 Å². The van der Waals surface area contributed by atoms with Crippen LogP contribution in [0.5, 0.6) is 0 Å². The fourth-order valence-electron chi connectivity index (χ4n) is 4.14. The van der Waals surface area contributed by atoms with Gasteiger partial charge in [-0.1, -0.05) is 19.8 Å². The summed E-state index contributed by atoms with van der Waals surface area (Å²) in [5.74, 6) is -0.134. The molecule has 0 spiro atoms. The highest BCUT2D eigenvalue weighted by molar-refractivity contribution is 5.71. The van der Waals surface area contributed by atoms with E-state index in [4.69, 9.17) is 4.74 Å². The quantitative estimate of drug-likeness (QED) is 0.843. The third kappa shape index (κ3) is 3.34. The highest BCUT2D eigenvalue weighted by Gasteiger charge is 2.41. The van der Waals surface area contributed by atoms with Gasteiger partial charge in [0.25, 0.3) is 0 Å². The molecule has 1 saturated heterocycles. The van der Waals surface area contributed by atoms with Crippen LogP contribution in [0.1, 0.15) is 52.4 Å². The molecule has 116 valence electrons. The van der Waals surface area contributed by atoms with E-state index in [1.54, 1.807) is 0 Å². The lowest BCUT2D eigenvalue weighted by Crippen LogP contribution is -2.51. The van der Waals surface area contributed by atoms with Gasteiger partial charge in [0.2, 0.25) is 0 Å². The van der Waals surface area contributed by atoms with E-state index in [1.165, 1.54) is 12.8 Å². The molecule has 2 rings (SSSR count). The van der Waals surface area contributed by atoms with Crippen LogP contribution >= 0.6 is 0 Å². The average molecular weight is 283 g/mol. The maximum atomic E-state index is 11.6. The first-order chi connectivity index (χ1) is 9.54. The van der Waals surface area contributed by atoms with Crippen molar-refractivity contribution < 1.29 is 14.6 Å². The molecule has 20 heavy (non-hydrogen) atoms. The summed E-state index contributed by atoms with van der Waals surface area (Å²) in [7, 11) is 2.10. The molecule has 0 aromatic carbocycles. The Balaban J connectivity index is 2.07. The summed E-state index contributed by atoms with van der Waals surface area (Å²) in [6.07, 6.45) is 6.61. The van der Waals surface area contributed by atoms with E-state index in [0.29, 0.717) is 12.0 Å². The molecular formula is C16H29NO3. The van der Waals surface area contributed by atoms with Crippen molar-refractivity contribution in [3.63, 3.8) is 0 Å². The SMILES string of the molecule is CCCC1CCC(C(=O)O)C(N(C)C2CCOC2C)C1. The molecule has 0 radical (unpaired) electrons. The van der Waals surface area contributed by atoms with E-state index < -0.39 is 5.97 Å². The van der Waals surface area contributed by atoms with Crippen LogP contribution in [0.2, 0.25) is 0 Å². The summed E-state index contributed by atoms with van der Waals surface area (Å²) in [5, 5.41) is 9.52. The molecule has 5 atom stereocenters. The Kier molecular flexibility index (Phi) is 5.44. The van der Waals surface area contributed by atoms with Gasteiger partial charge < -0.3 is 9.84 Å². The van der Waals surface area contributed by atoms with Gasteiger partial charge in [-0.25, -0.2) is 0 Å². The van der Waals surface area contributed by atoms with Crippen LogP contribution in [-0.2, 0) is 9.53 Å². The number of ether oxygens (including phenoxy) is 1. The number of likely N-dealkylation sites (N-methyl/N-ethyl adjacent to an activating group) is 1. The zero-order valence-corrected chi connectivity index (χ0v) is 13.0. The number of nitrogens with zero attached hydrogens (tertiary/aromatic N) is 1. The summed E-state index contributed by atoms with van der Waals surface area (Å²) in [4.78, 5) is 13.9. The van der Waals surface area contributed by atoms with Crippen molar-refractivity contribution >= 4 is 5.97 Å². The molecule has 0 aromatic heterocycles. The van der Waals surface area contributed by atoms with Gasteiger partial charge in [0.15, 0.2) is 0 Å². The van der Waals surface area contributed by atoms with E-state index in [9.17, 15) is 9.90 Å². The van der Waals surface area contributed by atoms with Crippen molar-refractivity contribution in [2.45, 2.75) is 70.6 Å². The number of hydrogen-bond acceptors (Lipinski definition) is 3. The largest absolute Gasteiger partial charge is 0.481 e. The van der Waals surface area contributed by atoms with Crippen LogP contribution in [0.3, 0.4) is 0 Å². The molecular weight excluding hydrogens is 254 g/mol. The fourth-order valence-corrected chi connectivity index (χ4v) is 4.14. The van der Waals surface area contributed by atoms with Gasteiger partial charge in [-0.2, -0.15) is 0 Å². The number of carbonyl (C=O) groups is 1. The third-order valence-corrected chi connectivity index (χ3v) is 5.32. The van der Waals surface area contributed by atoms with Crippen molar-refractivity contribution in [2.24, 2.45) is 11.8 Å². The van der Waals surface area contributed by atoms with E-state index in [1.807, 2.05) is 0 Å². The van der Waals surface area contributed by atoms with Gasteiger partial charge in [-0.15, -0.1) is 0 Å². The Hall–Kier alpha value is -0.610. The average Bonchev–Trinajstić information content (AvgIpc) is 2.84. The van der Waals surface area contributed by atoms with Crippen LogP contribution in [0, 0.1) is 11.8 Å². The molecule has 0 bridgehead atoms. The maximum Gasteiger partial charge on any atom is 0.308 e. The normalized spacial score (nSPS) is 38.3. The number of carboxylic acid groups (broad SMARTS) is 1. The van der Waals surface area contributed by atoms with Gasteiger partial charge in [-0.05, 0) is 45.6 Å². The first-order valence-corrected chi connectivity index (χ1v) is 8.11. The minimum absolute atomic E-state index is 0.173. The van der Waals surface area contributed by atoms with Crippen molar-refractivity contribution in [3.8, 4) is 0 Å². The molecule has 0 aromatic rings. The van der Waals surface area contributed by atoms with E-state index in [0.717, 1.165) is 32.3 Å². The summed E-state index contributed by atoms with van der Waals surface area (Å²) in [5.41, 5.74) is 0. The van der Waals surface area contributed by atoms with Gasteiger partial charge in [0.05, 0.1) is 12.0 Å². The molecule has 5 unspecified atom stereocenters. The monoisotopic (exact) mass is 283 g/mol. The van der Waals surface area contributed by atoms with Crippen molar-refractivity contribution in [2.75, 3.05) is 13.7 Å². The van der Waals surface area contributed by atoms with Crippen molar-refractivity contribution in [1.82, 2.24) is 4.90 Å². The van der Waals surface area contributed by atoms with Crippen LogP contribution in [-0.4, -0.2) is 47.8 Å². The van der Waals surface area contributed by atoms with Gasteiger partial charge in [0.1, 0.15) is 0 Å². The Morgan fingerprint density at radius 1 is 1.30 bits per heavy atom. The minimum Gasteiger partial charge on any atom is -0.481 e. The van der Waals surface area contributed by atoms with E-state index in [2.05, 4.69) is 25.8 Å². The second kappa shape index (κ2) is 6.90. The first kappa shape index (κ1) is 15.8. The summed E-state index contributed by atoms with van der Waals surface area (Å²) >= 11 is 0. The molecule has 2 aliphatic rings. The zero-order valence-electron chi connectivity index (χ0n) is 13.0. The summed E-state index contributed by atoms with van der Waals surface area (Å²) in [6.45, 7) is 5.13. The van der Waals surface area contributed by atoms with Crippen LogP contribution in [0.15, 0.2) is 0 Å². The molecule has 1 heterocycles. The molecule has 1 N–H and O–H groups in total. The van der Waals surface area contributed by atoms with E-state index >= 15 is 0 Å². The number of aliphatic carboxylic acids is 1. The topological polar surface area (TPSA) is 49.8 Å². The maximum absolute atomic E-state index is 11.6. The molecule has 0 amide bonds. The first-order valence-electron chi connectivity index (χ1n) is 8.11. The Labute approximate surface area is 122 Å². The fraction of sp³-hybridized carbons (Fsp3) is 0.938. The van der Waals surface area contributed by atoms with Gasteiger partial charge >= 0.3 is 5.97 Å².